The Morgan fingerprint density at radius 1 is 1.09 bits per heavy atom. The fraction of sp³-hybridized carbons (Fsp3) is 0.0588. The number of nitrogens with zero attached hydrogens (tertiary/aromatic N) is 2. The zero-order chi connectivity index (χ0) is 15.5. The Kier molecular flexibility index (Phi) is 3.94. The molecule has 110 valence electrons. The summed E-state index contributed by atoms with van der Waals surface area (Å²) in [5.74, 6) is -1.04. The van der Waals surface area contributed by atoms with Crippen molar-refractivity contribution < 1.29 is 9.90 Å². The van der Waals surface area contributed by atoms with E-state index in [0.717, 1.165) is 16.8 Å². The van der Waals surface area contributed by atoms with E-state index in [1.165, 1.54) is 0 Å². The van der Waals surface area contributed by atoms with E-state index in [2.05, 4.69) is 5.10 Å². The SMILES string of the molecule is O=C(O)c1cc(-c2ccccc2)n(Cc2ccc(Cl)cc2)n1. The van der Waals surface area contributed by atoms with Gasteiger partial charge in [0.2, 0.25) is 0 Å². The molecule has 0 radical (unpaired) electrons. The number of carboxylic acids is 1. The lowest BCUT2D eigenvalue weighted by molar-refractivity contribution is 0.0689. The van der Waals surface area contributed by atoms with Gasteiger partial charge in [-0.05, 0) is 29.3 Å². The second-order valence-corrected chi connectivity index (χ2v) is 5.31. The molecule has 0 bridgehead atoms. The second-order valence-electron chi connectivity index (χ2n) is 4.87. The smallest absolute Gasteiger partial charge is 0.356 e. The van der Waals surface area contributed by atoms with E-state index in [1.54, 1.807) is 22.9 Å². The van der Waals surface area contributed by atoms with Gasteiger partial charge in [-0.15, -0.1) is 0 Å². The predicted molar refractivity (Wildman–Crippen MR) is 85.2 cm³/mol. The average Bonchev–Trinajstić information content (AvgIpc) is 2.95. The maximum Gasteiger partial charge on any atom is 0.356 e. The van der Waals surface area contributed by atoms with Gasteiger partial charge in [-0.2, -0.15) is 5.10 Å². The Morgan fingerprint density at radius 3 is 2.41 bits per heavy atom. The minimum Gasteiger partial charge on any atom is -0.476 e. The molecule has 0 unspecified atom stereocenters. The summed E-state index contributed by atoms with van der Waals surface area (Å²) in [6, 6.07) is 18.6. The Hall–Kier alpha value is -2.59. The van der Waals surface area contributed by atoms with Crippen LogP contribution in [0.25, 0.3) is 11.3 Å². The summed E-state index contributed by atoms with van der Waals surface area (Å²) >= 11 is 5.89. The van der Waals surface area contributed by atoms with Crippen LogP contribution in [0.4, 0.5) is 0 Å². The topological polar surface area (TPSA) is 55.1 Å². The number of rotatable bonds is 4. The molecule has 0 aliphatic rings. The number of halogens is 1. The molecule has 0 amide bonds. The van der Waals surface area contributed by atoms with E-state index in [-0.39, 0.29) is 5.69 Å². The van der Waals surface area contributed by atoms with E-state index in [9.17, 15) is 9.90 Å². The van der Waals surface area contributed by atoms with Crippen LogP contribution in [-0.4, -0.2) is 20.9 Å². The molecular formula is C17H13ClN2O2. The number of hydrogen-bond donors (Lipinski definition) is 1. The van der Waals surface area contributed by atoms with Crippen LogP contribution >= 0.6 is 11.6 Å². The van der Waals surface area contributed by atoms with Gasteiger partial charge < -0.3 is 5.11 Å². The highest BCUT2D eigenvalue weighted by Gasteiger charge is 2.14. The number of aromatic nitrogens is 2. The average molecular weight is 313 g/mol. The van der Waals surface area contributed by atoms with Crippen LogP contribution in [0.15, 0.2) is 60.7 Å². The molecule has 4 nitrogen and oxygen atoms in total. The molecule has 0 saturated carbocycles. The highest BCUT2D eigenvalue weighted by Crippen LogP contribution is 2.22. The lowest BCUT2D eigenvalue weighted by Gasteiger charge is -2.08. The van der Waals surface area contributed by atoms with Gasteiger partial charge >= 0.3 is 5.97 Å². The van der Waals surface area contributed by atoms with E-state index in [4.69, 9.17) is 11.6 Å². The van der Waals surface area contributed by atoms with Gasteiger partial charge in [-0.1, -0.05) is 54.1 Å². The van der Waals surface area contributed by atoms with E-state index >= 15 is 0 Å². The zero-order valence-electron chi connectivity index (χ0n) is 11.6. The zero-order valence-corrected chi connectivity index (χ0v) is 12.4. The standard InChI is InChI=1S/C17H13ClN2O2/c18-14-8-6-12(7-9-14)11-20-16(10-15(19-20)17(21)22)13-4-2-1-3-5-13/h1-10H,11H2,(H,21,22). The molecule has 0 saturated heterocycles. The molecule has 0 aliphatic heterocycles. The van der Waals surface area contributed by atoms with E-state index < -0.39 is 5.97 Å². The Bertz CT molecular complexity index is 795. The maximum atomic E-state index is 11.2. The van der Waals surface area contributed by atoms with Crippen molar-refractivity contribution >= 4 is 17.6 Å². The lowest BCUT2D eigenvalue weighted by atomic mass is 10.1. The summed E-state index contributed by atoms with van der Waals surface area (Å²) in [4.78, 5) is 11.2. The summed E-state index contributed by atoms with van der Waals surface area (Å²) in [5, 5.41) is 14.0. The largest absolute Gasteiger partial charge is 0.476 e. The second kappa shape index (κ2) is 6.03. The third-order valence-electron chi connectivity index (χ3n) is 3.31. The van der Waals surface area contributed by atoms with Gasteiger partial charge in [0.05, 0.1) is 12.2 Å². The summed E-state index contributed by atoms with van der Waals surface area (Å²) < 4.78 is 1.70. The van der Waals surface area contributed by atoms with Crippen LogP contribution < -0.4 is 0 Å². The van der Waals surface area contributed by atoms with Crippen LogP contribution in [0.5, 0.6) is 0 Å². The number of aromatic carboxylic acids is 1. The molecule has 0 aliphatic carbocycles. The number of carbonyl (C=O) groups is 1. The molecule has 5 heteroatoms. The minimum absolute atomic E-state index is 0.0350. The fourth-order valence-corrected chi connectivity index (χ4v) is 2.37. The molecule has 1 N–H and O–H groups in total. The summed E-state index contributed by atoms with van der Waals surface area (Å²) in [7, 11) is 0. The van der Waals surface area contributed by atoms with Gasteiger partial charge in [0.15, 0.2) is 5.69 Å². The molecule has 0 fully saturated rings. The molecule has 0 spiro atoms. The van der Waals surface area contributed by atoms with Crippen molar-refractivity contribution in [3.63, 3.8) is 0 Å². The van der Waals surface area contributed by atoms with Gasteiger partial charge in [0.1, 0.15) is 0 Å². The first-order valence-electron chi connectivity index (χ1n) is 6.74. The van der Waals surface area contributed by atoms with Crippen molar-refractivity contribution in [1.29, 1.82) is 0 Å². The summed E-state index contributed by atoms with van der Waals surface area (Å²) in [6.07, 6.45) is 0. The molecule has 1 heterocycles. The molecule has 3 aromatic rings. The monoisotopic (exact) mass is 312 g/mol. The first-order chi connectivity index (χ1) is 10.6. The van der Waals surface area contributed by atoms with Crippen LogP contribution in [0.1, 0.15) is 16.1 Å². The van der Waals surface area contributed by atoms with Crippen molar-refractivity contribution in [3.8, 4) is 11.3 Å². The van der Waals surface area contributed by atoms with Crippen LogP contribution in [0, 0.1) is 0 Å². The van der Waals surface area contributed by atoms with Crippen LogP contribution in [0.3, 0.4) is 0 Å². The van der Waals surface area contributed by atoms with E-state index in [1.807, 2.05) is 42.5 Å². The van der Waals surface area contributed by atoms with Crippen molar-refractivity contribution in [3.05, 3.63) is 76.9 Å². The molecule has 22 heavy (non-hydrogen) atoms. The highest BCUT2D eigenvalue weighted by atomic mass is 35.5. The summed E-state index contributed by atoms with van der Waals surface area (Å²) in [5.41, 5.74) is 2.74. The number of hydrogen-bond acceptors (Lipinski definition) is 2. The normalized spacial score (nSPS) is 10.6. The first-order valence-corrected chi connectivity index (χ1v) is 7.12. The number of carboxylic acid groups (broad SMARTS) is 1. The first kappa shape index (κ1) is 14.4. The third-order valence-corrected chi connectivity index (χ3v) is 3.57. The Balaban J connectivity index is 2.02. The van der Waals surface area contributed by atoms with Crippen molar-refractivity contribution in [2.75, 3.05) is 0 Å². The lowest BCUT2D eigenvalue weighted by Crippen LogP contribution is -2.05. The van der Waals surface area contributed by atoms with Crippen molar-refractivity contribution in [2.45, 2.75) is 6.54 Å². The van der Waals surface area contributed by atoms with Gasteiger partial charge in [-0.25, -0.2) is 4.79 Å². The van der Waals surface area contributed by atoms with Gasteiger partial charge in [-0.3, -0.25) is 4.68 Å². The molecular weight excluding hydrogens is 300 g/mol. The van der Waals surface area contributed by atoms with Crippen molar-refractivity contribution in [1.82, 2.24) is 9.78 Å². The molecule has 2 aromatic carbocycles. The molecule has 0 atom stereocenters. The Morgan fingerprint density at radius 2 is 1.77 bits per heavy atom. The molecule has 1 aromatic heterocycles. The van der Waals surface area contributed by atoms with E-state index in [0.29, 0.717) is 11.6 Å². The Labute approximate surface area is 132 Å². The predicted octanol–water partition coefficient (Wildman–Crippen LogP) is 3.95. The quantitative estimate of drug-likeness (QED) is 0.793. The number of benzene rings is 2. The van der Waals surface area contributed by atoms with Crippen molar-refractivity contribution in [2.24, 2.45) is 0 Å². The minimum atomic E-state index is -1.04. The van der Waals surface area contributed by atoms with Crippen LogP contribution in [-0.2, 0) is 6.54 Å². The van der Waals surface area contributed by atoms with Crippen LogP contribution in [0.2, 0.25) is 5.02 Å². The van der Waals surface area contributed by atoms with Gasteiger partial charge in [0.25, 0.3) is 0 Å². The fourth-order valence-electron chi connectivity index (χ4n) is 2.25. The molecule has 3 rings (SSSR count). The maximum absolute atomic E-state index is 11.2. The summed E-state index contributed by atoms with van der Waals surface area (Å²) in [6.45, 7) is 0.481. The van der Waals surface area contributed by atoms with Gasteiger partial charge in [0, 0.05) is 5.02 Å². The third kappa shape index (κ3) is 3.02. The highest BCUT2D eigenvalue weighted by molar-refractivity contribution is 6.30.